The molecular weight excluding hydrogens is 290 g/mol. The van der Waals surface area contributed by atoms with Crippen LogP contribution in [-0.2, 0) is 9.53 Å². The lowest BCUT2D eigenvalue weighted by Crippen LogP contribution is -2.47. The van der Waals surface area contributed by atoms with Crippen LogP contribution in [0.3, 0.4) is 0 Å². The molecule has 1 aliphatic rings. The molecule has 0 radical (unpaired) electrons. The SMILES string of the molecule is COC(=O)c1sc(N2CCCCC2C(N)=O)nc1Cl. The largest absolute Gasteiger partial charge is 0.465 e. The molecule has 1 aromatic rings. The Hall–Kier alpha value is -1.34. The van der Waals surface area contributed by atoms with E-state index in [2.05, 4.69) is 9.72 Å². The molecule has 2 heterocycles. The number of anilines is 1. The molecule has 6 nitrogen and oxygen atoms in total. The van der Waals surface area contributed by atoms with E-state index in [1.807, 2.05) is 4.90 Å². The van der Waals surface area contributed by atoms with E-state index in [1.165, 1.54) is 7.11 Å². The third-order valence-corrected chi connectivity index (χ3v) is 4.48. The molecule has 1 amide bonds. The number of ether oxygens (including phenoxy) is 1. The molecular formula is C11H14ClN3O3S. The number of rotatable bonds is 3. The van der Waals surface area contributed by atoms with Crippen molar-refractivity contribution in [3.63, 3.8) is 0 Å². The first-order valence-electron chi connectivity index (χ1n) is 5.85. The molecule has 1 aliphatic heterocycles. The smallest absolute Gasteiger partial charge is 0.351 e. The number of methoxy groups -OCH3 is 1. The summed E-state index contributed by atoms with van der Waals surface area (Å²) in [6.07, 6.45) is 2.60. The van der Waals surface area contributed by atoms with Crippen LogP contribution in [0.25, 0.3) is 0 Å². The van der Waals surface area contributed by atoms with E-state index in [1.54, 1.807) is 0 Å². The lowest BCUT2D eigenvalue weighted by molar-refractivity contribution is -0.119. The van der Waals surface area contributed by atoms with Gasteiger partial charge in [-0.1, -0.05) is 22.9 Å². The molecule has 0 aliphatic carbocycles. The average Bonchev–Trinajstić information content (AvgIpc) is 2.79. The van der Waals surface area contributed by atoms with Crippen molar-refractivity contribution in [3.8, 4) is 0 Å². The molecule has 1 unspecified atom stereocenters. The fraction of sp³-hybridized carbons (Fsp3) is 0.545. The number of amides is 1. The minimum atomic E-state index is -0.526. The van der Waals surface area contributed by atoms with Crippen LogP contribution in [0.1, 0.15) is 28.9 Å². The van der Waals surface area contributed by atoms with Gasteiger partial charge < -0.3 is 15.4 Å². The number of hydrogen-bond acceptors (Lipinski definition) is 6. The lowest BCUT2D eigenvalue weighted by atomic mass is 10.0. The number of nitrogens with two attached hydrogens (primary N) is 1. The van der Waals surface area contributed by atoms with Crippen molar-refractivity contribution in [1.82, 2.24) is 4.98 Å². The predicted octanol–water partition coefficient (Wildman–Crippen LogP) is 1.43. The summed E-state index contributed by atoms with van der Waals surface area (Å²) < 4.78 is 4.63. The van der Waals surface area contributed by atoms with Gasteiger partial charge in [-0.25, -0.2) is 9.78 Å². The van der Waals surface area contributed by atoms with Crippen molar-refractivity contribution in [3.05, 3.63) is 10.0 Å². The van der Waals surface area contributed by atoms with E-state index in [0.29, 0.717) is 18.1 Å². The monoisotopic (exact) mass is 303 g/mol. The molecule has 2 rings (SSSR count). The Bertz CT molecular complexity index is 505. The highest BCUT2D eigenvalue weighted by Gasteiger charge is 2.30. The Morgan fingerprint density at radius 3 is 2.89 bits per heavy atom. The lowest BCUT2D eigenvalue weighted by Gasteiger charge is -2.33. The first kappa shape index (κ1) is 14.1. The van der Waals surface area contributed by atoms with Gasteiger partial charge in [-0.2, -0.15) is 0 Å². The minimum absolute atomic E-state index is 0.0978. The molecule has 8 heteroatoms. The summed E-state index contributed by atoms with van der Waals surface area (Å²) in [7, 11) is 1.28. The van der Waals surface area contributed by atoms with Crippen molar-refractivity contribution in [2.75, 3.05) is 18.6 Å². The number of primary amides is 1. The van der Waals surface area contributed by atoms with E-state index in [4.69, 9.17) is 17.3 Å². The summed E-state index contributed by atoms with van der Waals surface area (Å²) in [6.45, 7) is 0.679. The van der Waals surface area contributed by atoms with Gasteiger partial charge in [-0.15, -0.1) is 0 Å². The summed E-state index contributed by atoms with van der Waals surface area (Å²) in [5, 5.41) is 0.634. The Kier molecular flexibility index (Phi) is 4.26. The Morgan fingerprint density at radius 2 is 2.26 bits per heavy atom. The number of nitrogens with zero attached hydrogens (tertiary/aromatic N) is 2. The number of carbonyl (C=O) groups is 2. The van der Waals surface area contributed by atoms with Gasteiger partial charge >= 0.3 is 5.97 Å². The maximum atomic E-state index is 11.5. The molecule has 2 N–H and O–H groups in total. The summed E-state index contributed by atoms with van der Waals surface area (Å²) in [6, 6.07) is -0.388. The van der Waals surface area contributed by atoms with Crippen LogP contribution < -0.4 is 10.6 Å². The van der Waals surface area contributed by atoms with Crippen molar-refractivity contribution in [2.45, 2.75) is 25.3 Å². The second-order valence-electron chi connectivity index (χ2n) is 4.22. The van der Waals surface area contributed by atoms with Crippen LogP contribution in [0.5, 0.6) is 0 Å². The first-order chi connectivity index (χ1) is 9.04. The van der Waals surface area contributed by atoms with Gasteiger partial charge in [0.2, 0.25) is 5.91 Å². The van der Waals surface area contributed by atoms with Gasteiger partial charge in [-0.3, -0.25) is 4.79 Å². The molecule has 1 atom stereocenters. The van der Waals surface area contributed by atoms with Crippen LogP contribution in [0.2, 0.25) is 5.15 Å². The average molecular weight is 304 g/mol. The van der Waals surface area contributed by atoms with E-state index in [0.717, 1.165) is 24.2 Å². The summed E-state index contributed by atoms with van der Waals surface area (Å²) in [5.74, 6) is -0.910. The number of thiazole rings is 1. The van der Waals surface area contributed by atoms with Gasteiger partial charge in [0.25, 0.3) is 0 Å². The van der Waals surface area contributed by atoms with E-state index in [9.17, 15) is 9.59 Å². The fourth-order valence-electron chi connectivity index (χ4n) is 2.09. The van der Waals surface area contributed by atoms with Gasteiger partial charge in [0.15, 0.2) is 15.2 Å². The third-order valence-electron chi connectivity index (χ3n) is 3.02. The van der Waals surface area contributed by atoms with E-state index >= 15 is 0 Å². The maximum Gasteiger partial charge on any atom is 0.351 e. The second kappa shape index (κ2) is 5.75. The topological polar surface area (TPSA) is 85.5 Å². The second-order valence-corrected chi connectivity index (χ2v) is 5.55. The Morgan fingerprint density at radius 1 is 1.53 bits per heavy atom. The van der Waals surface area contributed by atoms with E-state index in [-0.39, 0.29) is 22.0 Å². The highest BCUT2D eigenvalue weighted by atomic mass is 35.5. The van der Waals surface area contributed by atoms with Gasteiger partial charge in [0.1, 0.15) is 6.04 Å². The van der Waals surface area contributed by atoms with Gasteiger partial charge in [0.05, 0.1) is 7.11 Å². The van der Waals surface area contributed by atoms with Crippen LogP contribution >= 0.6 is 22.9 Å². The predicted molar refractivity (Wildman–Crippen MR) is 72.6 cm³/mol. The number of hydrogen-bond donors (Lipinski definition) is 1. The number of halogens is 1. The van der Waals surface area contributed by atoms with Crippen molar-refractivity contribution in [2.24, 2.45) is 5.73 Å². The summed E-state index contributed by atoms with van der Waals surface area (Å²) in [4.78, 5) is 29.1. The van der Waals surface area contributed by atoms with Crippen molar-refractivity contribution < 1.29 is 14.3 Å². The zero-order valence-electron chi connectivity index (χ0n) is 10.4. The normalized spacial score (nSPS) is 19.3. The quantitative estimate of drug-likeness (QED) is 0.854. The first-order valence-corrected chi connectivity index (χ1v) is 7.04. The zero-order chi connectivity index (χ0) is 14.0. The standard InChI is InChI=1S/C11H14ClN3O3S/c1-18-10(17)7-8(12)14-11(19-7)15-5-3-2-4-6(15)9(13)16/h6H,2-5H2,1H3,(H2,13,16). The minimum Gasteiger partial charge on any atom is -0.465 e. The highest BCUT2D eigenvalue weighted by Crippen LogP contribution is 2.33. The fourth-order valence-corrected chi connectivity index (χ4v) is 3.36. The summed E-state index contributed by atoms with van der Waals surface area (Å²) in [5.41, 5.74) is 5.40. The number of aromatic nitrogens is 1. The summed E-state index contributed by atoms with van der Waals surface area (Å²) >= 11 is 7.04. The van der Waals surface area contributed by atoms with Crippen molar-refractivity contribution >= 4 is 39.9 Å². The Labute approximate surface area is 119 Å². The molecule has 1 fully saturated rings. The van der Waals surface area contributed by atoms with Crippen LogP contribution in [0.15, 0.2) is 0 Å². The maximum absolute atomic E-state index is 11.5. The van der Waals surface area contributed by atoms with Crippen molar-refractivity contribution in [1.29, 1.82) is 0 Å². The number of carbonyl (C=O) groups excluding carboxylic acids is 2. The highest BCUT2D eigenvalue weighted by molar-refractivity contribution is 7.18. The molecule has 1 aromatic heterocycles. The molecule has 0 saturated carbocycles. The number of esters is 1. The zero-order valence-corrected chi connectivity index (χ0v) is 12.0. The molecule has 0 spiro atoms. The van der Waals surface area contributed by atoms with Gasteiger partial charge in [0, 0.05) is 6.54 Å². The third kappa shape index (κ3) is 2.82. The molecule has 0 aromatic carbocycles. The van der Waals surface area contributed by atoms with Gasteiger partial charge in [-0.05, 0) is 19.3 Å². The van der Waals surface area contributed by atoms with Crippen LogP contribution in [-0.4, -0.2) is 36.6 Å². The van der Waals surface area contributed by atoms with Crippen LogP contribution in [0.4, 0.5) is 5.13 Å². The van der Waals surface area contributed by atoms with E-state index < -0.39 is 5.97 Å². The molecule has 104 valence electrons. The molecule has 19 heavy (non-hydrogen) atoms. The molecule has 0 bridgehead atoms. The molecule has 1 saturated heterocycles. The van der Waals surface area contributed by atoms with Crippen LogP contribution in [0, 0.1) is 0 Å². The number of piperidine rings is 1. The Balaban J connectivity index is 2.29.